The van der Waals surface area contributed by atoms with Gasteiger partial charge < -0.3 is 14.6 Å². The molecule has 2 aromatic rings. The fourth-order valence-electron chi connectivity index (χ4n) is 4.95. The first-order chi connectivity index (χ1) is 16.4. The molecule has 0 spiro atoms. The smallest absolute Gasteiger partial charge is 0.376 e. The Kier molecular flexibility index (Phi) is 7.22. The molecule has 0 unspecified atom stereocenters. The maximum Gasteiger partial charge on any atom is 0.416 e. The minimum absolute atomic E-state index is 0.00556. The van der Waals surface area contributed by atoms with Crippen LogP contribution in [0.15, 0.2) is 24.3 Å². The van der Waals surface area contributed by atoms with Crippen LogP contribution in [0, 0.1) is 6.92 Å². The lowest BCUT2D eigenvalue weighted by Gasteiger charge is -2.22. The second kappa shape index (κ2) is 9.87. The molecule has 2 heterocycles. The molecule has 1 saturated heterocycles. The molecule has 10 heteroatoms. The molecule has 2 fully saturated rings. The van der Waals surface area contributed by atoms with Gasteiger partial charge in [-0.1, -0.05) is 19.3 Å². The Bertz CT molecular complexity index is 1030. The molecule has 1 N–H and O–H groups in total. The SMILES string of the molecule is Cc1c(C(=O)NC2CCCCC2)cc(-c2cc(C(F)(F)F)cc(C(F)(F)F)c2)n1C[C@H]1CCCO1. The average Bonchev–Trinajstić information content (AvgIpc) is 3.42. The van der Waals surface area contributed by atoms with Crippen molar-refractivity contribution >= 4 is 5.91 Å². The van der Waals surface area contributed by atoms with Gasteiger partial charge in [0.25, 0.3) is 5.91 Å². The summed E-state index contributed by atoms with van der Waals surface area (Å²) in [7, 11) is 0. The Morgan fingerprint density at radius 3 is 2.11 bits per heavy atom. The number of ether oxygens (including phenoxy) is 1. The van der Waals surface area contributed by atoms with Crippen LogP contribution < -0.4 is 5.32 Å². The Balaban J connectivity index is 1.79. The molecule has 0 bridgehead atoms. The summed E-state index contributed by atoms with van der Waals surface area (Å²) in [5.41, 5.74) is -2.17. The molecular formula is C25H28F6N2O2. The number of halogens is 6. The third kappa shape index (κ3) is 5.85. The molecule has 1 saturated carbocycles. The zero-order chi connectivity index (χ0) is 25.4. The first kappa shape index (κ1) is 25.6. The zero-order valence-corrected chi connectivity index (χ0v) is 19.4. The van der Waals surface area contributed by atoms with Crippen molar-refractivity contribution in [1.29, 1.82) is 0 Å². The lowest BCUT2D eigenvalue weighted by molar-refractivity contribution is -0.143. The van der Waals surface area contributed by atoms with E-state index >= 15 is 0 Å². The van der Waals surface area contributed by atoms with Gasteiger partial charge in [0.15, 0.2) is 0 Å². The van der Waals surface area contributed by atoms with Crippen molar-refractivity contribution in [2.75, 3.05) is 6.61 Å². The number of nitrogens with one attached hydrogen (secondary N) is 1. The van der Waals surface area contributed by atoms with Crippen molar-refractivity contribution < 1.29 is 35.9 Å². The number of hydrogen-bond donors (Lipinski definition) is 1. The summed E-state index contributed by atoms with van der Waals surface area (Å²) >= 11 is 0. The minimum Gasteiger partial charge on any atom is -0.376 e. The number of carbonyl (C=O) groups excluding carboxylic acids is 1. The van der Waals surface area contributed by atoms with Crippen LogP contribution in [0.2, 0.25) is 0 Å². The first-order valence-electron chi connectivity index (χ1n) is 11.9. The molecule has 1 atom stereocenters. The highest BCUT2D eigenvalue weighted by Crippen LogP contribution is 2.39. The molecular weight excluding hydrogens is 474 g/mol. The number of carbonyl (C=O) groups is 1. The highest BCUT2D eigenvalue weighted by atomic mass is 19.4. The molecule has 1 aromatic heterocycles. The first-order valence-corrected chi connectivity index (χ1v) is 11.9. The van der Waals surface area contributed by atoms with Gasteiger partial charge in [0.05, 0.1) is 22.8 Å². The summed E-state index contributed by atoms with van der Waals surface area (Å²) in [5.74, 6) is -0.371. The van der Waals surface area contributed by atoms with Crippen LogP contribution in [0.4, 0.5) is 26.3 Å². The zero-order valence-electron chi connectivity index (χ0n) is 19.4. The Morgan fingerprint density at radius 1 is 0.943 bits per heavy atom. The van der Waals surface area contributed by atoms with Gasteiger partial charge in [0.1, 0.15) is 0 Å². The van der Waals surface area contributed by atoms with Gasteiger partial charge in [-0.3, -0.25) is 4.79 Å². The van der Waals surface area contributed by atoms with Gasteiger partial charge in [0.2, 0.25) is 0 Å². The normalized spacial score (nSPS) is 19.8. The number of nitrogens with zero attached hydrogens (tertiary/aromatic N) is 1. The van der Waals surface area contributed by atoms with E-state index in [0.717, 1.165) is 44.9 Å². The maximum atomic E-state index is 13.5. The quantitative estimate of drug-likeness (QED) is 0.460. The van der Waals surface area contributed by atoms with Crippen LogP contribution >= 0.6 is 0 Å². The summed E-state index contributed by atoms with van der Waals surface area (Å²) in [5, 5.41) is 2.99. The Morgan fingerprint density at radius 2 is 1.57 bits per heavy atom. The Hall–Kier alpha value is -2.49. The second-order valence-electron chi connectivity index (χ2n) is 9.38. The van der Waals surface area contributed by atoms with E-state index in [1.165, 1.54) is 6.07 Å². The highest BCUT2D eigenvalue weighted by Gasteiger charge is 2.37. The van der Waals surface area contributed by atoms with Crippen molar-refractivity contribution in [3.05, 3.63) is 46.6 Å². The summed E-state index contributed by atoms with van der Waals surface area (Å²) < 4.78 is 88.2. The van der Waals surface area contributed by atoms with Crippen molar-refractivity contribution in [1.82, 2.24) is 9.88 Å². The number of aromatic nitrogens is 1. The molecule has 1 aliphatic heterocycles. The van der Waals surface area contributed by atoms with Crippen molar-refractivity contribution in [2.24, 2.45) is 0 Å². The lowest BCUT2D eigenvalue weighted by atomic mass is 9.95. The second-order valence-corrected chi connectivity index (χ2v) is 9.38. The molecule has 1 aromatic carbocycles. The van der Waals surface area contributed by atoms with E-state index in [-0.39, 0.29) is 47.5 Å². The molecule has 4 nitrogen and oxygen atoms in total. The van der Waals surface area contributed by atoms with E-state index in [2.05, 4.69) is 5.32 Å². The fraction of sp³-hybridized carbons (Fsp3) is 0.560. The number of benzene rings is 1. The third-order valence-corrected chi connectivity index (χ3v) is 6.85. The van der Waals surface area contributed by atoms with Gasteiger partial charge in [0, 0.05) is 30.6 Å². The van der Waals surface area contributed by atoms with Gasteiger partial charge >= 0.3 is 12.4 Å². The van der Waals surface area contributed by atoms with Crippen LogP contribution in [-0.4, -0.2) is 29.2 Å². The fourth-order valence-corrected chi connectivity index (χ4v) is 4.95. The van der Waals surface area contributed by atoms with E-state index in [1.807, 2.05) is 0 Å². The summed E-state index contributed by atoms with van der Waals surface area (Å²) in [6, 6.07) is 2.93. The van der Waals surface area contributed by atoms with Gasteiger partial charge in [-0.2, -0.15) is 26.3 Å². The summed E-state index contributed by atoms with van der Waals surface area (Å²) in [6.45, 7) is 2.43. The third-order valence-electron chi connectivity index (χ3n) is 6.85. The number of amides is 1. The molecule has 35 heavy (non-hydrogen) atoms. The molecule has 192 valence electrons. The van der Waals surface area contributed by atoms with Gasteiger partial charge in [-0.05, 0) is 62.4 Å². The van der Waals surface area contributed by atoms with E-state index in [0.29, 0.717) is 24.4 Å². The summed E-state index contributed by atoms with van der Waals surface area (Å²) in [6.07, 6.45) is -3.83. The standard InChI is InChI=1S/C25H28F6N2O2/c1-15-21(23(34)32-19-6-3-2-4-7-19)13-22(33(15)14-20-8-5-9-35-20)16-10-17(24(26,27)28)12-18(11-16)25(29,30)31/h10-13,19-20H,2-9,14H2,1H3,(H,32,34)/t20-/m1/s1. The van der Waals surface area contributed by atoms with E-state index in [1.54, 1.807) is 11.5 Å². The molecule has 1 aliphatic carbocycles. The lowest BCUT2D eigenvalue weighted by Crippen LogP contribution is -2.36. The van der Waals surface area contributed by atoms with Gasteiger partial charge in [-0.15, -0.1) is 0 Å². The molecule has 1 amide bonds. The Labute approximate surface area is 199 Å². The topological polar surface area (TPSA) is 43.3 Å². The monoisotopic (exact) mass is 502 g/mol. The van der Waals surface area contributed by atoms with Crippen molar-refractivity contribution in [3.63, 3.8) is 0 Å². The van der Waals surface area contributed by atoms with Gasteiger partial charge in [-0.25, -0.2) is 0 Å². The maximum absolute atomic E-state index is 13.5. The van der Waals surface area contributed by atoms with Crippen LogP contribution in [0.25, 0.3) is 11.3 Å². The number of rotatable bonds is 5. The molecule has 4 rings (SSSR count). The summed E-state index contributed by atoms with van der Waals surface area (Å²) in [4.78, 5) is 13.1. The van der Waals surface area contributed by atoms with E-state index in [9.17, 15) is 31.1 Å². The number of alkyl halides is 6. The average molecular weight is 502 g/mol. The predicted molar refractivity (Wildman–Crippen MR) is 118 cm³/mol. The van der Waals surface area contributed by atoms with Crippen LogP contribution in [0.3, 0.4) is 0 Å². The van der Waals surface area contributed by atoms with E-state index < -0.39 is 23.5 Å². The van der Waals surface area contributed by atoms with Crippen LogP contribution in [0.1, 0.15) is 72.1 Å². The minimum atomic E-state index is -4.96. The highest BCUT2D eigenvalue weighted by molar-refractivity contribution is 5.97. The van der Waals surface area contributed by atoms with E-state index in [4.69, 9.17) is 4.74 Å². The van der Waals surface area contributed by atoms with Crippen molar-refractivity contribution in [2.45, 2.75) is 82.9 Å². The largest absolute Gasteiger partial charge is 0.416 e. The van der Waals surface area contributed by atoms with Crippen LogP contribution in [-0.2, 0) is 23.6 Å². The van der Waals surface area contributed by atoms with Crippen LogP contribution in [0.5, 0.6) is 0 Å². The molecule has 2 aliphatic rings. The predicted octanol–water partition coefficient (Wildman–Crippen LogP) is 6.74. The molecule has 0 radical (unpaired) electrons. The van der Waals surface area contributed by atoms with Crippen molar-refractivity contribution in [3.8, 4) is 11.3 Å². The number of hydrogen-bond acceptors (Lipinski definition) is 2.